The Morgan fingerprint density at radius 3 is 2.38 bits per heavy atom. The Bertz CT molecular complexity index is 830. The second-order valence-corrected chi connectivity index (χ2v) is 8.46. The molecule has 0 aliphatic heterocycles. The lowest BCUT2D eigenvalue weighted by Gasteiger charge is -2.20. The van der Waals surface area contributed by atoms with E-state index in [0.29, 0.717) is 23.7 Å². The van der Waals surface area contributed by atoms with Crippen LogP contribution in [0.15, 0.2) is 67.3 Å². The molecule has 0 saturated carbocycles. The van der Waals surface area contributed by atoms with Crippen molar-refractivity contribution in [1.82, 2.24) is 9.55 Å². The standard InChI is InChI=1S/C19H16Cl4N2O/c20-17-4-2-1-3-16(17)18(11-25-10-9-24-13-25)26-12-14-5-7-15(8-6-14)19(21,22)23/h1-10,13,18H,11-12H2. The number of ether oxygens (including phenoxy) is 1. The molecule has 1 aromatic heterocycles. The van der Waals surface area contributed by atoms with Gasteiger partial charge in [-0.1, -0.05) is 88.9 Å². The molecule has 0 N–H and O–H groups in total. The zero-order chi connectivity index (χ0) is 18.6. The number of benzene rings is 2. The molecule has 26 heavy (non-hydrogen) atoms. The third kappa shape index (κ3) is 5.15. The van der Waals surface area contributed by atoms with Crippen LogP contribution in [0.2, 0.25) is 5.02 Å². The van der Waals surface area contributed by atoms with Crippen LogP contribution in [0.5, 0.6) is 0 Å². The first kappa shape index (κ1) is 19.5. The SMILES string of the molecule is Clc1ccccc1C(Cn1ccnc1)OCc1ccc(C(Cl)(Cl)Cl)cc1. The number of halogens is 4. The van der Waals surface area contributed by atoms with Gasteiger partial charge >= 0.3 is 0 Å². The highest BCUT2D eigenvalue weighted by atomic mass is 35.6. The highest BCUT2D eigenvalue weighted by Crippen LogP contribution is 2.38. The Kier molecular flexibility index (Phi) is 6.49. The normalized spacial score (nSPS) is 12.9. The summed E-state index contributed by atoms with van der Waals surface area (Å²) in [6.07, 6.45) is 5.16. The van der Waals surface area contributed by atoms with Gasteiger partial charge in [-0.2, -0.15) is 0 Å². The molecule has 1 atom stereocenters. The van der Waals surface area contributed by atoms with Gasteiger partial charge in [0.2, 0.25) is 3.79 Å². The van der Waals surface area contributed by atoms with E-state index < -0.39 is 3.79 Å². The van der Waals surface area contributed by atoms with Crippen molar-refractivity contribution in [2.75, 3.05) is 0 Å². The summed E-state index contributed by atoms with van der Waals surface area (Å²) in [7, 11) is 0. The summed E-state index contributed by atoms with van der Waals surface area (Å²) in [5.41, 5.74) is 2.53. The quantitative estimate of drug-likeness (QED) is 0.428. The molecular weight excluding hydrogens is 414 g/mol. The van der Waals surface area contributed by atoms with Crippen LogP contribution in [-0.4, -0.2) is 9.55 Å². The van der Waals surface area contributed by atoms with Crippen LogP contribution in [0.1, 0.15) is 22.8 Å². The second kappa shape index (κ2) is 8.64. The lowest BCUT2D eigenvalue weighted by molar-refractivity contribution is 0.0280. The van der Waals surface area contributed by atoms with E-state index in [9.17, 15) is 0 Å². The molecule has 0 amide bonds. The predicted molar refractivity (Wildman–Crippen MR) is 107 cm³/mol. The van der Waals surface area contributed by atoms with Crippen LogP contribution in [0.25, 0.3) is 0 Å². The van der Waals surface area contributed by atoms with Crippen molar-refractivity contribution < 1.29 is 4.74 Å². The number of hydrogen-bond acceptors (Lipinski definition) is 2. The van der Waals surface area contributed by atoms with Gasteiger partial charge in [-0.15, -0.1) is 0 Å². The fourth-order valence-electron chi connectivity index (χ4n) is 2.55. The number of aromatic nitrogens is 2. The number of rotatable bonds is 6. The number of hydrogen-bond donors (Lipinski definition) is 0. The zero-order valence-corrected chi connectivity index (χ0v) is 16.7. The minimum Gasteiger partial charge on any atom is -0.367 e. The summed E-state index contributed by atoms with van der Waals surface area (Å²) in [4.78, 5) is 4.08. The van der Waals surface area contributed by atoms with E-state index in [1.54, 1.807) is 24.7 Å². The van der Waals surface area contributed by atoms with Crippen LogP contribution in [0.3, 0.4) is 0 Å². The summed E-state index contributed by atoms with van der Waals surface area (Å²) in [5, 5.41) is 0.671. The summed E-state index contributed by atoms with van der Waals surface area (Å²) in [6, 6.07) is 15.0. The zero-order valence-electron chi connectivity index (χ0n) is 13.7. The van der Waals surface area contributed by atoms with Gasteiger partial charge < -0.3 is 9.30 Å². The maximum absolute atomic E-state index is 6.36. The Labute approximate surface area is 172 Å². The lowest BCUT2D eigenvalue weighted by atomic mass is 10.1. The van der Waals surface area contributed by atoms with Crippen molar-refractivity contribution in [2.24, 2.45) is 0 Å². The molecule has 0 bridgehead atoms. The van der Waals surface area contributed by atoms with Crippen molar-refractivity contribution in [1.29, 1.82) is 0 Å². The molecule has 2 aromatic carbocycles. The Morgan fingerprint density at radius 1 is 1.04 bits per heavy atom. The molecule has 0 radical (unpaired) electrons. The van der Waals surface area contributed by atoms with Crippen LogP contribution in [-0.2, 0) is 21.7 Å². The molecule has 0 aliphatic rings. The van der Waals surface area contributed by atoms with E-state index in [0.717, 1.165) is 11.1 Å². The summed E-state index contributed by atoms with van der Waals surface area (Å²) in [6.45, 7) is 1.01. The number of nitrogens with zero attached hydrogens (tertiary/aromatic N) is 2. The van der Waals surface area contributed by atoms with Crippen LogP contribution in [0.4, 0.5) is 0 Å². The number of imidazole rings is 1. The molecule has 7 heteroatoms. The Balaban J connectivity index is 1.74. The highest BCUT2D eigenvalue weighted by Gasteiger charge is 2.22. The first-order valence-electron chi connectivity index (χ1n) is 7.91. The molecule has 136 valence electrons. The van der Waals surface area contributed by atoms with E-state index in [1.165, 1.54) is 0 Å². The van der Waals surface area contributed by atoms with Gasteiger partial charge in [-0.25, -0.2) is 4.98 Å². The molecule has 1 unspecified atom stereocenters. The minimum absolute atomic E-state index is 0.217. The summed E-state index contributed by atoms with van der Waals surface area (Å²) in [5.74, 6) is 0. The third-order valence-electron chi connectivity index (χ3n) is 3.92. The summed E-state index contributed by atoms with van der Waals surface area (Å²) < 4.78 is 6.69. The molecule has 0 fully saturated rings. The van der Waals surface area contributed by atoms with E-state index in [2.05, 4.69) is 4.98 Å². The van der Waals surface area contributed by atoms with Crippen molar-refractivity contribution in [3.05, 3.63) is 89.0 Å². The topological polar surface area (TPSA) is 27.1 Å². The monoisotopic (exact) mass is 428 g/mol. The van der Waals surface area contributed by atoms with Gasteiger partial charge in [-0.05, 0) is 11.6 Å². The smallest absolute Gasteiger partial charge is 0.216 e. The average Bonchev–Trinajstić information content (AvgIpc) is 3.12. The second-order valence-electron chi connectivity index (χ2n) is 5.78. The lowest BCUT2D eigenvalue weighted by Crippen LogP contribution is -2.12. The molecule has 3 aromatic rings. The Morgan fingerprint density at radius 2 is 1.77 bits per heavy atom. The first-order valence-corrected chi connectivity index (χ1v) is 9.42. The van der Waals surface area contributed by atoms with Gasteiger partial charge in [0, 0.05) is 28.5 Å². The maximum Gasteiger partial charge on any atom is 0.216 e. The fraction of sp³-hybridized carbons (Fsp3) is 0.211. The van der Waals surface area contributed by atoms with E-state index >= 15 is 0 Å². The highest BCUT2D eigenvalue weighted by molar-refractivity contribution is 6.66. The third-order valence-corrected chi connectivity index (χ3v) is 4.92. The van der Waals surface area contributed by atoms with Crippen LogP contribution < -0.4 is 0 Å². The van der Waals surface area contributed by atoms with Gasteiger partial charge in [-0.3, -0.25) is 0 Å². The molecule has 3 rings (SSSR count). The molecule has 0 aliphatic carbocycles. The van der Waals surface area contributed by atoms with Crippen LogP contribution >= 0.6 is 46.4 Å². The van der Waals surface area contributed by atoms with Crippen molar-refractivity contribution in [3.63, 3.8) is 0 Å². The number of alkyl halides is 3. The van der Waals surface area contributed by atoms with Crippen molar-refractivity contribution in [3.8, 4) is 0 Å². The van der Waals surface area contributed by atoms with Gasteiger partial charge in [0.05, 0.1) is 19.5 Å². The molecule has 0 spiro atoms. The van der Waals surface area contributed by atoms with E-state index in [4.69, 9.17) is 51.1 Å². The molecular formula is C19H16Cl4N2O. The predicted octanol–water partition coefficient (Wildman–Crippen LogP) is 6.32. The maximum atomic E-state index is 6.36. The fourth-order valence-corrected chi connectivity index (χ4v) is 3.19. The summed E-state index contributed by atoms with van der Waals surface area (Å²) >= 11 is 24.0. The largest absolute Gasteiger partial charge is 0.367 e. The van der Waals surface area contributed by atoms with Crippen molar-refractivity contribution >= 4 is 46.4 Å². The molecule has 0 saturated heterocycles. The molecule has 3 nitrogen and oxygen atoms in total. The van der Waals surface area contributed by atoms with Gasteiger partial charge in [0.25, 0.3) is 0 Å². The van der Waals surface area contributed by atoms with Crippen molar-refractivity contribution in [2.45, 2.75) is 23.0 Å². The average molecular weight is 430 g/mol. The Hall–Kier alpha value is -1.23. The minimum atomic E-state index is -1.43. The van der Waals surface area contributed by atoms with Gasteiger partial charge in [0.1, 0.15) is 6.10 Å². The van der Waals surface area contributed by atoms with E-state index in [-0.39, 0.29) is 6.10 Å². The van der Waals surface area contributed by atoms with Crippen LogP contribution in [0, 0.1) is 0 Å². The van der Waals surface area contributed by atoms with Gasteiger partial charge in [0.15, 0.2) is 0 Å². The van der Waals surface area contributed by atoms with E-state index in [1.807, 2.05) is 47.2 Å². The molecule has 1 heterocycles. The first-order chi connectivity index (χ1) is 12.4.